The van der Waals surface area contributed by atoms with Gasteiger partial charge >= 0.3 is 5.97 Å². The highest BCUT2D eigenvalue weighted by molar-refractivity contribution is 5.87. The van der Waals surface area contributed by atoms with Crippen molar-refractivity contribution in [3.05, 3.63) is 29.8 Å². The zero-order valence-electron chi connectivity index (χ0n) is 12.7. The molecular weight excluding hydrogens is 266 g/mol. The molecule has 0 saturated heterocycles. The molecule has 116 valence electrons. The third-order valence-electron chi connectivity index (χ3n) is 4.34. The summed E-state index contributed by atoms with van der Waals surface area (Å²) >= 11 is 0. The quantitative estimate of drug-likeness (QED) is 0.758. The van der Waals surface area contributed by atoms with Gasteiger partial charge in [0.15, 0.2) is 0 Å². The van der Waals surface area contributed by atoms with Gasteiger partial charge in [0.05, 0.1) is 5.56 Å². The molecule has 0 bridgehead atoms. The first kappa shape index (κ1) is 15.8. The van der Waals surface area contributed by atoms with Crippen molar-refractivity contribution in [1.82, 2.24) is 5.32 Å². The number of rotatable bonds is 7. The predicted molar refractivity (Wildman–Crippen MR) is 82.9 cm³/mol. The molecule has 21 heavy (non-hydrogen) atoms. The number of nitrogens with one attached hydrogen (secondary N) is 1. The van der Waals surface area contributed by atoms with Crippen LogP contribution in [0.3, 0.4) is 0 Å². The molecule has 0 radical (unpaired) electrons. The third-order valence-corrected chi connectivity index (χ3v) is 4.34. The maximum Gasteiger partial charge on any atom is 0.335 e. The lowest BCUT2D eigenvalue weighted by atomic mass is 9.80. The lowest BCUT2D eigenvalue weighted by molar-refractivity contribution is 0.0697. The lowest BCUT2D eigenvalue weighted by Gasteiger charge is -2.28. The molecule has 2 atom stereocenters. The molecule has 0 heterocycles. The maximum atomic E-state index is 10.7. The number of benzene rings is 1. The topological polar surface area (TPSA) is 58.6 Å². The molecule has 1 fully saturated rings. The van der Waals surface area contributed by atoms with E-state index in [1.165, 1.54) is 25.7 Å². The van der Waals surface area contributed by atoms with Crippen molar-refractivity contribution in [1.29, 1.82) is 0 Å². The molecule has 4 nitrogen and oxygen atoms in total. The second-order valence-corrected chi connectivity index (χ2v) is 5.90. The highest BCUT2D eigenvalue weighted by atomic mass is 16.5. The van der Waals surface area contributed by atoms with Crippen LogP contribution in [0.25, 0.3) is 0 Å². The highest BCUT2D eigenvalue weighted by Crippen LogP contribution is 2.28. The third kappa shape index (κ3) is 5.05. The molecule has 1 aromatic rings. The molecule has 1 aliphatic rings. The van der Waals surface area contributed by atoms with Gasteiger partial charge < -0.3 is 15.2 Å². The standard InChI is InChI=1S/C17H25NO3/c1-13-4-2-3-5-15(13)12-18-10-11-21-16-8-6-14(7-9-16)17(19)20/h6-9,13,15,18H,2-5,10-12H2,1H3,(H,19,20). The molecule has 2 N–H and O–H groups in total. The minimum Gasteiger partial charge on any atom is -0.492 e. The molecule has 0 aliphatic heterocycles. The van der Waals surface area contributed by atoms with Crippen molar-refractivity contribution in [2.24, 2.45) is 11.8 Å². The van der Waals surface area contributed by atoms with Gasteiger partial charge in [0.25, 0.3) is 0 Å². The van der Waals surface area contributed by atoms with Gasteiger partial charge in [0.1, 0.15) is 12.4 Å². The van der Waals surface area contributed by atoms with Gasteiger partial charge in [0, 0.05) is 6.54 Å². The van der Waals surface area contributed by atoms with E-state index in [9.17, 15) is 4.79 Å². The summed E-state index contributed by atoms with van der Waals surface area (Å²) in [6.07, 6.45) is 5.45. The molecular formula is C17H25NO3. The molecule has 0 aromatic heterocycles. The Kier molecular flexibility index (Phi) is 6.05. The molecule has 0 amide bonds. The molecule has 4 heteroatoms. The van der Waals surface area contributed by atoms with Crippen LogP contribution in [0.4, 0.5) is 0 Å². The Morgan fingerprint density at radius 2 is 2.00 bits per heavy atom. The fourth-order valence-corrected chi connectivity index (χ4v) is 2.92. The van der Waals surface area contributed by atoms with Gasteiger partial charge in [-0.15, -0.1) is 0 Å². The van der Waals surface area contributed by atoms with Crippen LogP contribution < -0.4 is 10.1 Å². The van der Waals surface area contributed by atoms with Gasteiger partial charge in [-0.25, -0.2) is 4.79 Å². The number of carboxylic acids is 1. The Morgan fingerprint density at radius 1 is 1.29 bits per heavy atom. The summed E-state index contributed by atoms with van der Waals surface area (Å²) in [5.74, 6) is 1.43. The van der Waals surface area contributed by atoms with Gasteiger partial charge in [0.2, 0.25) is 0 Å². The smallest absolute Gasteiger partial charge is 0.335 e. The van der Waals surface area contributed by atoms with Gasteiger partial charge in [-0.2, -0.15) is 0 Å². The average Bonchev–Trinajstić information content (AvgIpc) is 2.49. The van der Waals surface area contributed by atoms with E-state index in [-0.39, 0.29) is 5.56 Å². The summed E-state index contributed by atoms with van der Waals surface area (Å²) in [5.41, 5.74) is 0.284. The van der Waals surface area contributed by atoms with Crippen molar-refractivity contribution >= 4 is 5.97 Å². The SMILES string of the molecule is CC1CCCCC1CNCCOc1ccc(C(=O)O)cc1. The van der Waals surface area contributed by atoms with Crippen LogP contribution in [0.5, 0.6) is 5.75 Å². The van der Waals surface area contributed by atoms with Crippen LogP contribution in [0.2, 0.25) is 0 Å². The van der Waals surface area contributed by atoms with Crippen LogP contribution >= 0.6 is 0 Å². The Balaban J connectivity index is 1.62. The Hall–Kier alpha value is -1.55. The monoisotopic (exact) mass is 291 g/mol. The molecule has 1 aliphatic carbocycles. The summed E-state index contributed by atoms with van der Waals surface area (Å²) in [6.45, 7) is 4.85. The Morgan fingerprint density at radius 3 is 2.67 bits per heavy atom. The zero-order valence-corrected chi connectivity index (χ0v) is 12.7. The molecule has 2 rings (SSSR count). The van der Waals surface area contributed by atoms with Gasteiger partial charge in [-0.05, 0) is 49.1 Å². The first-order valence-corrected chi connectivity index (χ1v) is 7.83. The van der Waals surface area contributed by atoms with Gasteiger partial charge in [-0.1, -0.05) is 26.2 Å². The lowest BCUT2D eigenvalue weighted by Crippen LogP contribution is -2.31. The molecule has 1 saturated carbocycles. The first-order valence-electron chi connectivity index (χ1n) is 7.83. The van der Waals surface area contributed by atoms with Crippen molar-refractivity contribution in [2.45, 2.75) is 32.6 Å². The van der Waals surface area contributed by atoms with Gasteiger partial charge in [-0.3, -0.25) is 0 Å². The number of carboxylic acid groups (broad SMARTS) is 1. The Bertz CT molecular complexity index is 444. The maximum absolute atomic E-state index is 10.7. The fraction of sp³-hybridized carbons (Fsp3) is 0.588. The van der Waals surface area contributed by atoms with E-state index in [1.807, 2.05) is 0 Å². The predicted octanol–water partition coefficient (Wildman–Crippen LogP) is 3.18. The van der Waals surface area contributed by atoms with E-state index >= 15 is 0 Å². The fourth-order valence-electron chi connectivity index (χ4n) is 2.92. The average molecular weight is 291 g/mol. The second-order valence-electron chi connectivity index (χ2n) is 5.90. The van der Waals surface area contributed by atoms with E-state index in [1.54, 1.807) is 24.3 Å². The summed E-state index contributed by atoms with van der Waals surface area (Å²) in [7, 11) is 0. The van der Waals surface area contributed by atoms with E-state index in [0.29, 0.717) is 12.4 Å². The van der Waals surface area contributed by atoms with Crippen LogP contribution in [0.1, 0.15) is 43.0 Å². The molecule has 0 spiro atoms. The molecule has 2 unspecified atom stereocenters. The number of ether oxygens (including phenoxy) is 1. The van der Waals surface area contributed by atoms with E-state index in [4.69, 9.17) is 9.84 Å². The normalized spacial score (nSPS) is 22.0. The number of hydrogen-bond acceptors (Lipinski definition) is 3. The van der Waals surface area contributed by atoms with Crippen LogP contribution in [-0.2, 0) is 0 Å². The summed E-state index contributed by atoms with van der Waals surface area (Å²) in [5, 5.41) is 12.3. The van der Waals surface area contributed by atoms with Crippen molar-refractivity contribution in [3.8, 4) is 5.75 Å². The second kappa shape index (κ2) is 8.03. The number of aromatic carboxylic acids is 1. The zero-order chi connectivity index (χ0) is 15.1. The van der Waals surface area contributed by atoms with Crippen LogP contribution in [0.15, 0.2) is 24.3 Å². The molecule has 1 aromatic carbocycles. The summed E-state index contributed by atoms with van der Waals surface area (Å²) in [6, 6.07) is 6.53. The first-order chi connectivity index (χ1) is 10.2. The van der Waals surface area contributed by atoms with Crippen LogP contribution in [0, 0.1) is 11.8 Å². The minimum absolute atomic E-state index is 0.284. The number of carbonyl (C=O) groups is 1. The Labute approximate surface area is 126 Å². The largest absolute Gasteiger partial charge is 0.492 e. The highest BCUT2D eigenvalue weighted by Gasteiger charge is 2.20. The van der Waals surface area contributed by atoms with Crippen molar-refractivity contribution < 1.29 is 14.6 Å². The van der Waals surface area contributed by atoms with E-state index in [2.05, 4.69) is 12.2 Å². The van der Waals surface area contributed by atoms with E-state index in [0.717, 1.165) is 24.9 Å². The van der Waals surface area contributed by atoms with Crippen molar-refractivity contribution in [3.63, 3.8) is 0 Å². The summed E-state index contributed by atoms with van der Waals surface area (Å²) < 4.78 is 5.60. The number of hydrogen-bond donors (Lipinski definition) is 2. The summed E-state index contributed by atoms with van der Waals surface area (Å²) in [4.78, 5) is 10.7. The minimum atomic E-state index is -0.912. The van der Waals surface area contributed by atoms with Crippen LogP contribution in [-0.4, -0.2) is 30.8 Å². The van der Waals surface area contributed by atoms with E-state index < -0.39 is 5.97 Å². The van der Waals surface area contributed by atoms with Crippen molar-refractivity contribution in [2.75, 3.05) is 19.7 Å².